The quantitative estimate of drug-likeness (QED) is 0.793. The van der Waals surface area contributed by atoms with Gasteiger partial charge in [0.15, 0.2) is 0 Å². The maximum Gasteiger partial charge on any atom is 0.314 e. The molecule has 0 aliphatic carbocycles. The molecule has 0 bridgehead atoms. The van der Waals surface area contributed by atoms with E-state index >= 15 is 0 Å². The second kappa shape index (κ2) is 6.25. The molecule has 6 nitrogen and oxygen atoms in total. The van der Waals surface area contributed by atoms with Crippen LogP contribution in [-0.2, 0) is 16.1 Å². The van der Waals surface area contributed by atoms with Crippen LogP contribution >= 0.6 is 0 Å². The molecule has 0 aromatic carbocycles. The van der Waals surface area contributed by atoms with Crippen molar-refractivity contribution in [2.24, 2.45) is 0 Å². The molecule has 0 saturated carbocycles. The van der Waals surface area contributed by atoms with Crippen LogP contribution in [0.15, 0.2) is 48.9 Å². The minimum atomic E-state index is -0.748. The molecule has 0 aliphatic rings. The topological polar surface area (TPSA) is 84.0 Å². The van der Waals surface area contributed by atoms with Crippen LogP contribution < -0.4 is 10.6 Å². The van der Waals surface area contributed by atoms with Gasteiger partial charge in [-0.05, 0) is 23.8 Å². The summed E-state index contributed by atoms with van der Waals surface area (Å²) in [6.45, 7) is 0.252. The lowest BCUT2D eigenvalue weighted by Gasteiger charge is -2.05. The van der Waals surface area contributed by atoms with E-state index in [2.05, 4.69) is 20.6 Å². The zero-order valence-corrected chi connectivity index (χ0v) is 10.0. The van der Waals surface area contributed by atoms with E-state index in [9.17, 15) is 9.59 Å². The van der Waals surface area contributed by atoms with Gasteiger partial charge in [0.2, 0.25) is 0 Å². The number of rotatable bonds is 3. The van der Waals surface area contributed by atoms with Crippen molar-refractivity contribution in [1.29, 1.82) is 0 Å². The van der Waals surface area contributed by atoms with Gasteiger partial charge in [0.05, 0.1) is 0 Å². The molecule has 2 amide bonds. The maximum absolute atomic E-state index is 11.6. The molecule has 0 saturated heterocycles. The summed E-state index contributed by atoms with van der Waals surface area (Å²) < 4.78 is 0. The molecule has 96 valence electrons. The van der Waals surface area contributed by atoms with Crippen molar-refractivity contribution in [1.82, 2.24) is 15.3 Å². The van der Waals surface area contributed by atoms with E-state index in [0.29, 0.717) is 5.82 Å². The Morgan fingerprint density at radius 1 is 1.05 bits per heavy atom. The predicted octanol–water partition coefficient (Wildman–Crippen LogP) is 0.731. The van der Waals surface area contributed by atoms with Crippen LogP contribution in [0.3, 0.4) is 0 Å². The summed E-state index contributed by atoms with van der Waals surface area (Å²) >= 11 is 0. The number of carbonyl (C=O) groups is 2. The molecule has 0 radical (unpaired) electrons. The Kier molecular flexibility index (Phi) is 4.17. The van der Waals surface area contributed by atoms with Crippen LogP contribution in [0.4, 0.5) is 5.82 Å². The monoisotopic (exact) mass is 256 g/mol. The van der Waals surface area contributed by atoms with Gasteiger partial charge in [0, 0.05) is 25.1 Å². The van der Waals surface area contributed by atoms with E-state index in [1.807, 2.05) is 6.07 Å². The molecule has 6 heteroatoms. The van der Waals surface area contributed by atoms with E-state index in [0.717, 1.165) is 5.56 Å². The average molecular weight is 256 g/mol. The highest BCUT2D eigenvalue weighted by Crippen LogP contribution is 1.99. The number of hydrogen-bond donors (Lipinski definition) is 2. The predicted molar refractivity (Wildman–Crippen MR) is 69.0 cm³/mol. The lowest BCUT2D eigenvalue weighted by molar-refractivity contribution is -0.136. The molecule has 2 aromatic heterocycles. The average Bonchev–Trinajstić information content (AvgIpc) is 2.47. The van der Waals surface area contributed by atoms with Gasteiger partial charge in [-0.3, -0.25) is 14.6 Å². The lowest BCUT2D eigenvalue weighted by atomic mass is 10.3. The second-order valence-corrected chi connectivity index (χ2v) is 3.71. The smallest absolute Gasteiger partial charge is 0.314 e. The largest absolute Gasteiger partial charge is 0.344 e. The number of amides is 2. The van der Waals surface area contributed by atoms with Crippen molar-refractivity contribution < 1.29 is 9.59 Å². The van der Waals surface area contributed by atoms with E-state index in [4.69, 9.17) is 0 Å². The van der Waals surface area contributed by atoms with Crippen molar-refractivity contribution in [3.63, 3.8) is 0 Å². The van der Waals surface area contributed by atoms with Gasteiger partial charge in [-0.2, -0.15) is 0 Å². The first kappa shape index (κ1) is 12.7. The third kappa shape index (κ3) is 3.88. The van der Waals surface area contributed by atoms with Crippen LogP contribution in [-0.4, -0.2) is 21.8 Å². The highest BCUT2D eigenvalue weighted by atomic mass is 16.2. The Bertz CT molecular complexity index is 557. The fourth-order valence-electron chi connectivity index (χ4n) is 1.38. The molecule has 0 fully saturated rings. The summed E-state index contributed by atoms with van der Waals surface area (Å²) in [5, 5.41) is 4.90. The Balaban J connectivity index is 1.85. The first-order valence-corrected chi connectivity index (χ1v) is 5.65. The zero-order chi connectivity index (χ0) is 13.5. The molecule has 2 heterocycles. The molecule has 2 rings (SSSR count). The standard InChI is InChI=1S/C13H12N4O2/c18-12(16-9-10-4-3-6-14-8-10)13(19)17-11-5-1-2-7-15-11/h1-8H,9H2,(H,16,18)(H,15,17,19). The zero-order valence-electron chi connectivity index (χ0n) is 10.0. The molecular weight excluding hydrogens is 244 g/mol. The van der Waals surface area contributed by atoms with Gasteiger partial charge in [0.1, 0.15) is 5.82 Å². The van der Waals surface area contributed by atoms with E-state index < -0.39 is 11.8 Å². The number of nitrogens with one attached hydrogen (secondary N) is 2. The Hall–Kier alpha value is -2.76. The number of aromatic nitrogens is 2. The molecule has 0 aliphatic heterocycles. The van der Waals surface area contributed by atoms with E-state index in [-0.39, 0.29) is 6.54 Å². The first-order chi connectivity index (χ1) is 9.25. The molecule has 2 aromatic rings. The minimum absolute atomic E-state index is 0.252. The summed E-state index contributed by atoms with van der Waals surface area (Å²) in [5.74, 6) is -1.12. The van der Waals surface area contributed by atoms with Gasteiger partial charge in [-0.15, -0.1) is 0 Å². The fraction of sp³-hybridized carbons (Fsp3) is 0.0769. The molecule has 2 N–H and O–H groups in total. The molecule has 0 unspecified atom stereocenters. The van der Waals surface area contributed by atoms with Crippen molar-refractivity contribution >= 4 is 17.6 Å². The van der Waals surface area contributed by atoms with Crippen LogP contribution in [0.2, 0.25) is 0 Å². The van der Waals surface area contributed by atoms with Crippen molar-refractivity contribution in [3.8, 4) is 0 Å². The summed E-state index contributed by atoms with van der Waals surface area (Å²) in [7, 11) is 0. The number of hydrogen-bond acceptors (Lipinski definition) is 4. The van der Waals surface area contributed by atoms with Crippen molar-refractivity contribution in [2.75, 3.05) is 5.32 Å². The first-order valence-electron chi connectivity index (χ1n) is 5.65. The van der Waals surface area contributed by atoms with Crippen LogP contribution in [0.25, 0.3) is 0 Å². The van der Waals surface area contributed by atoms with E-state index in [1.54, 1.807) is 36.7 Å². The summed E-state index contributed by atoms with van der Waals surface area (Å²) in [6, 6.07) is 8.61. The summed E-state index contributed by atoms with van der Waals surface area (Å²) in [6.07, 6.45) is 4.79. The van der Waals surface area contributed by atoms with Gasteiger partial charge < -0.3 is 10.6 Å². The Morgan fingerprint density at radius 3 is 2.63 bits per heavy atom. The normalized spacial score (nSPS) is 9.68. The van der Waals surface area contributed by atoms with E-state index in [1.165, 1.54) is 6.20 Å². The molecule has 0 atom stereocenters. The third-order valence-electron chi connectivity index (χ3n) is 2.29. The number of nitrogens with zero attached hydrogens (tertiary/aromatic N) is 2. The number of anilines is 1. The van der Waals surface area contributed by atoms with Gasteiger partial charge in [0.25, 0.3) is 0 Å². The van der Waals surface area contributed by atoms with Crippen LogP contribution in [0, 0.1) is 0 Å². The van der Waals surface area contributed by atoms with Crippen LogP contribution in [0.5, 0.6) is 0 Å². The van der Waals surface area contributed by atoms with Gasteiger partial charge >= 0.3 is 11.8 Å². The second-order valence-electron chi connectivity index (χ2n) is 3.71. The maximum atomic E-state index is 11.6. The van der Waals surface area contributed by atoms with Gasteiger partial charge in [-0.25, -0.2) is 4.98 Å². The highest BCUT2D eigenvalue weighted by molar-refractivity contribution is 6.39. The number of pyridine rings is 2. The Labute approximate surface area is 109 Å². The van der Waals surface area contributed by atoms with Crippen molar-refractivity contribution in [3.05, 3.63) is 54.5 Å². The molecule has 0 spiro atoms. The van der Waals surface area contributed by atoms with Gasteiger partial charge in [-0.1, -0.05) is 12.1 Å². The summed E-state index contributed by atoms with van der Waals surface area (Å²) in [5.41, 5.74) is 0.821. The lowest BCUT2D eigenvalue weighted by Crippen LogP contribution is -2.35. The number of carbonyl (C=O) groups excluding carboxylic acids is 2. The molecular formula is C13H12N4O2. The third-order valence-corrected chi connectivity index (χ3v) is 2.29. The van der Waals surface area contributed by atoms with Crippen molar-refractivity contribution in [2.45, 2.75) is 6.54 Å². The SMILES string of the molecule is O=C(NCc1cccnc1)C(=O)Nc1ccccn1. The Morgan fingerprint density at radius 2 is 1.95 bits per heavy atom. The fourth-order valence-corrected chi connectivity index (χ4v) is 1.38. The molecule has 19 heavy (non-hydrogen) atoms. The minimum Gasteiger partial charge on any atom is -0.344 e. The van der Waals surface area contributed by atoms with Crippen LogP contribution in [0.1, 0.15) is 5.56 Å². The highest BCUT2D eigenvalue weighted by Gasteiger charge is 2.13. The summed E-state index contributed by atoms with van der Waals surface area (Å²) in [4.78, 5) is 30.9.